The summed E-state index contributed by atoms with van der Waals surface area (Å²) in [5, 5.41) is 90.6. The quantitative estimate of drug-likeness (QED) is 0.158. The summed E-state index contributed by atoms with van der Waals surface area (Å²) < 4.78 is 15.5. The summed E-state index contributed by atoms with van der Waals surface area (Å²) in [5.74, 6) is -5.15. The number of carboxylic acids is 1. The Bertz CT molecular complexity index is 665. The Morgan fingerprint density at radius 1 is 1.12 bits per heavy atom. The van der Waals surface area contributed by atoms with Gasteiger partial charge in [-0.05, 0) is 0 Å². The fourth-order valence-electron chi connectivity index (χ4n) is 3.56. The summed E-state index contributed by atoms with van der Waals surface area (Å²) in [6.07, 6.45) is -16.9. The summed E-state index contributed by atoms with van der Waals surface area (Å²) in [7, 11) is 0. The van der Waals surface area contributed by atoms with Crippen LogP contribution in [0.5, 0.6) is 0 Å². The summed E-state index contributed by atoms with van der Waals surface area (Å²) in [5.41, 5.74) is 0. The number of aliphatic hydroxyl groups is 8. The first-order valence-electron chi connectivity index (χ1n) is 9.69. The third-order valence-electron chi connectivity index (χ3n) is 5.35. The summed E-state index contributed by atoms with van der Waals surface area (Å²) in [4.78, 5) is 23.5. The van der Waals surface area contributed by atoms with E-state index in [0.717, 1.165) is 6.92 Å². The minimum absolute atomic E-state index is 0.669. The molecule has 0 spiro atoms. The number of carboxylic acid groups (broad SMARTS) is 1. The first kappa shape index (κ1) is 26.7. The Hall–Kier alpha value is -1.50. The Kier molecular flexibility index (Phi) is 8.88. The molecule has 0 radical (unpaired) electrons. The monoisotopic (exact) mass is 471 g/mol. The molecule has 0 aliphatic carbocycles. The Morgan fingerprint density at radius 2 is 1.75 bits per heavy atom. The number of rotatable bonds is 8. The van der Waals surface area contributed by atoms with Crippen LogP contribution in [0.2, 0.25) is 0 Å². The SMILES string of the molecule is CC(=O)NC1C(O)CC(OCC2OC(O)C(O)C(O)C2O)(C(=O)O)OC1[C@@H](O)[C@@H](O)CO. The molecule has 15 heteroatoms. The summed E-state index contributed by atoms with van der Waals surface area (Å²) in [6.45, 7) is -0.691. The number of carbonyl (C=O) groups is 2. The van der Waals surface area contributed by atoms with Crippen molar-refractivity contribution in [2.24, 2.45) is 0 Å². The highest BCUT2D eigenvalue weighted by Gasteiger charge is 2.56. The van der Waals surface area contributed by atoms with Crippen LogP contribution in [0, 0.1) is 0 Å². The van der Waals surface area contributed by atoms with Gasteiger partial charge in [-0.15, -0.1) is 0 Å². The zero-order valence-electron chi connectivity index (χ0n) is 17.0. The molecule has 15 nitrogen and oxygen atoms in total. The molecular formula is C17H29NO14. The van der Waals surface area contributed by atoms with Gasteiger partial charge in [0.05, 0.1) is 25.4 Å². The van der Waals surface area contributed by atoms with Gasteiger partial charge in [-0.2, -0.15) is 0 Å². The molecule has 186 valence electrons. The van der Waals surface area contributed by atoms with Gasteiger partial charge in [0, 0.05) is 13.3 Å². The van der Waals surface area contributed by atoms with Crippen molar-refractivity contribution in [3.05, 3.63) is 0 Å². The number of hydrogen-bond donors (Lipinski definition) is 10. The number of aliphatic hydroxyl groups excluding tert-OH is 8. The number of carbonyl (C=O) groups excluding carboxylic acids is 1. The topological polar surface area (TPSA) is 256 Å². The molecule has 32 heavy (non-hydrogen) atoms. The van der Waals surface area contributed by atoms with Gasteiger partial charge in [-0.25, -0.2) is 4.79 Å². The molecule has 2 aliphatic heterocycles. The van der Waals surface area contributed by atoms with Crippen molar-refractivity contribution in [2.45, 2.75) is 80.3 Å². The molecule has 10 N–H and O–H groups in total. The van der Waals surface area contributed by atoms with E-state index in [4.69, 9.17) is 19.3 Å². The Labute approximate surface area is 181 Å². The fourth-order valence-corrected chi connectivity index (χ4v) is 3.56. The second kappa shape index (κ2) is 10.6. The van der Waals surface area contributed by atoms with Crippen LogP contribution < -0.4 is 5.32 Å². The average molecular weight is 471 g/mol. The van der Waals surface area contributed by atoms with Crippen molar-refractivity contribution in [3.63, 3.8) is 0 Å². The minimum Gasteiger partial charge on any atom is -0.477 e. The molecule has 0 aromatic carbocycles. The summed E-state index contributed by atoms with van der Waals surface area (Å²) >= 11 is 0. The number of ether oxygens (including phenoxy) is 3. The van der Waals surface area contributed by atoms with Crippen LogP contribution in [0.1, 0.15) is 13.3 Å². The number of amides is 1. The molecule has 9 unspecified atom stereocenters. The van der Waals surface area contributed by atoms with Crippen LogP contribution in [0.3, 0.4) is 0 Å². The van der Waals surface area contributed by atoms with Crippen LogP contribution in [0.15, 0.2) is 0 Å². The third kappa shape index (κ3) is 5.52. The molecule has 0 saturated carbocycles. The molecule has 2 rings (SSSR count). The van der Waals surface area contributed by atoms with E-state index in [1.54, 1.807) is 0 Å². The highest BCUT2D eigenvalue weighted by Crippen LogP contribution is 2.34. The second-order valence-electron chi connectivity index (χ2n) is 7.73. The van der Waals surface area contributed by atoms with Crippen molar-refractivity contribution < 1.29 is 69.8 Å². The van der Waals surface area contributed by atoms with Crippen molar-refractivity contribution >= 4 is 11.9 Å². The normalized spacial score (nSPS) is 42.2. The van der Waals surface area contributed by atoms with E-state index >= 15 is 0 Å². The smallest absolute Gasteiger partial charge is 0.364 e. The van der Waals surface area contributed by atoms with Crippen molar-refractivity contribution in [1.29, 1.82) is 0 Å². The third-order valence-corrected chi connectivity index (χ3v) is 5.35. The predicted octanol–water partition coefficient (Wildman–Crippen LogP) is -6.05. The van der Waals surface area contributed by atoms with Crippen molar-refractivity contribution in [1.82, 2.24) is 5.32 Å². The van der Waals surface area contributed by atoms with Gasteiger partial charge in [0.15, 0.2) is 6.29 Å². The molecule has 2 heterocycles. The van der Waals surface area contributed by atoms with E-state index in [2.05, 4.69) is 5.32 Å². The Morgan fingerprint density at radius 3 is 2.28 bits per heavy atom. The maximum absolute atomic E-state index is 12.0. The van der Waals surface area contributed by atoms with Gasteiger partial charge in [0.2, 0.25) is 5.91 Å². The first-order valence-corrected chi connectivity index (χ1v) is 9.69. The van der Waals surface area contributed by atoms with Crippen LogP contribution in [0.25, 0.3) is 0 Å². The predicted molar refractivity (Wildman–Crippen MR) is 97.4 cm³/mol. The van der Waals surface area contributed by atoms with E-state index in [0.29, 0.717) is 0 Å². The van der Waals surface area contributed by atoms with Gasteiger partial charge in [-0.1, -0.05) is 0 Å². The number of aliphatic carboxylic acids is 1. The van der Waals surface area contributed by atoms with Gasteiger partial charge in [0.25, 0.3) is 5.79 Å². The zero-order chi connectivity index (χ0) is 24.4. The number of nitrogens with one attached hydrogen (secondary N) is 1. The van der Waals surface area contributed by atoms with Gasteiger partial charge in [-0.3, -0.25) is 4.79 Å². The standard InChI is InChI=1S/C17H29NO14/c1-5(20)18-9-6(21)2-17(16(28)29,32-14(9)10(23)7(22)3-19)30-4-8-11(24)12(25)13(26)15(27)31-8/h6-15,19,21-27H,2-4H2,1H3,(H,18,20)(H,28,29)/t6?,7-,8?,9?,10-,11?,12?,13?,14?,15?,17?/m0/s1. The van der Waals surface area contributed by atoms with E-state index < -0.39 is 98.5 Å². The lowest BCUT2D eigenvalue weighted by Gasteiger charge is -2.47. The molecule has 0 aromatic rings. The van der Waals surface area contributed by atoms with Crippen LogP contribution >= 0.6 is 0 Å². The number of hydrogen-bond acceptors (Lipinski definition) is 13. The largest absolute Gasteiger partial charge is 0.477 e. The molecule has 2 aliphatic rings. The van der Waals surface area contributed by atoms with Crippen molar-refractivity contribution in [3.8, 4) is 0 Å². The zero-order valence-corrected chi connectivity index (χ0v) is 17.0. The van der Waals surface area contributed by atoms with Crippen LogP contribution in [-0.2, 0) is 23.8 Å². The maximum atomic E-state index is 12.0. The molecule has 0 aromatic heterocycles. The van der Waals surface area contributed by atoms with Gasteiger partial charge < -0.3 is 65.5 Å². The second-order valence-corrected chi connectivity index (χ2v) is 7.73. The van der Waals surface area contributed by atoms with Crippen molar-refractivity contribution in [2.75, 3.05) is 13.2 Å². The minimum atomic E-state index is -2.69. The van der Waals surface area contributed by atoms with Gasteiger partial charge >= 0.3 is 5.97 Å². The van der Waals surface area contributed by atoms with E-state index in [1.165, 1.54) is 0 Å². The lowest BCUT2D eigenvalue weighted by molar-refractivity contribution is -0.334. The fraction of sp³-hybridized carbons (Fsp3) is 0.882. The molecule has 2 fully saturated rings. The molecule has 2 saturated heterocycles. The Balaban J connectivity index is 2.27. The molecular weight excluding hydrogens is 442 g/mol. The molecule has 11 atom stereocenters. The average Bonchev–Trinajstić information content (AvgIpc) is 2.73. The molecule has 0 bridgehead atoms. The van der Waals surface area contributed by atoms with E-state index in [1.807, 2.05) is 0 Å². The van der Waals surface area contributed by atoms with E-state index in [-0.39, 0.29) is 0 Å². The maximum Gasteiger partial charge on any atom is 0.364 e. The molecule has 1 amide bonds. The van der Waals surface area contributed by atoms with Gasteiger partial charge in [0.1, 0.15) is 42.7 Å². The van der Waals surface area contributed by atoms with Crippen LogP contribution in [0.4, 0.5) is 0 Å². The highest BCUT2D eigenvalue weighted by molar-refractivity contribution is 5.76. The lowest BCUT2D eigenvalue weighted by Crippen LogP contribution is -2.68. The lowest BCUT2D eigenvalue weighted by atomic mass is 9.88. The van der Waals surface area contributed by atoms with Crippen LogP contribution in [-0.4, -0.2) is 138 Å². The summed E-state index contributed by atoms with van der Waals surface area (Å²) in [6, 6.07) is -1.39. The van der Waals surface area contributed by atoms with E-state index in [9.17, 15) is 50.4 Å². The highest BCUT2D eigenvalue weighted by atomic mass is 16.7. The first-order chi connectivity index (χ1) is 14.8.